The Morgan fingerprint density at radius 1 is 1.12 bits per heavy atom. The van der Waals surface area contributed by atoms with E-state index in [4.69, 9.17) is 16.3 Å². The van der Waals surface area contributed by atoms with E-state index in [2.05, 4.69) is 21.8 Å². The summed E-state index contributed by atoms with van der Waals surface area (Å²) in [5.74, 6) is 0.506. The van der Waals surface area contributed by atoms with Crippen LogP contribution in [-0.2, 0) is 21.9 Å². The minimum atomic E-state index is -3.79. The molecule has 0 radical (unpaired) electrons. The Morgan fingerprint density at radius 3 is 2.83 bits per heavy atom. The normalized spacial score (nSPS) is 35.1. The first-order valence-corrected chi connectivity index (χ1v) is 16.4. The molecular weight excluding hydrogens is 548 g/mol. The summed E-state index contributed by atoms with van der Waals surface area (Å²) in [4.78, 5) is 15.5. The molecule has 1 amide bonds. The number of carbonyl (C=O) groups excluding carboxylic acids is 1. The number of nitrogens with zero attached hydrogens (tertiary/aromatic N) is 1. The average molecular weight is 583 g/mol. The molecule has 0 saturated heterocycles. The van der Waals surface area contributed by atoms with Crippen LogP contribution in [0.3, 0.4) is 0 Å². The third-order valence-electron chi connectivity index (χ3n) is 9.93. The lowest BCUT2D eigenvalue weighted by Crippen LogP contribution is -2.49. The molecule has 2 saturated carbocycles. The largest absolute Gasteiger partial charge is 0.490 e. The molecule has 2 aromatic carbocycles. The van der Waals surface area contributed by atoms with Crippen molar-refractivity contribution in [3.8, 4) is 5.75 Å². The Kier molecular flexibility index (Phi) is 6.44. The third kappa shape index (κ3) is 4.62. The Balaban J connectivity index is 1.29. The van der Waals surface area contributed by atoms with E-state index in [-0.39, 0.29) is 17.3 Å². The minimum absolute atomic E-state index is 0.0285. The number of halogens is 1. The van der Waals surface area contributed by atoms with Crippen molar-refractivity contribution in [1.29, 1.82) is 0 Å². The molecule has 2 N–H and O–H groups in total. The van der Waals surface area contributed by atoms with Crippen LogP contribution in [-0.4, -0.2) is 50.5 Å². The summed E-state index contributed by atoms with van der Waals surface area (Å²) in [6.45, 7) is 1.94. The Hall–Kier alpha value is -2.55. The fourth-order valence-electron chi connectivity index (χ4n) is 7.46. The van der Waals surface area contributed by atoms with Gasteiger partial charge in [-0.3, -0.25) is 4.79 Å². The molecule has 7 nitrogen and oxygen atoms in total. The molecule has 1 spiro atoms. The van der Waals surface area contributed by atoms with Crippen molar-refractivity contribution in [2.45, 2.75) is 61.7 Å². The van der Waals surface area contributed by atoms with Crippen LogP contribution in [0.25, 0.3) is 0 Å². The summed E-state index contributed by atoms with van der Waals surface area (Å²) in [6.07, 6.45) is 9.31. The van der Waals surface area contributed by atoms with Crippen molar-refractivity contribution in [2.24, 2.45) is 17.8 Å². The predicted octanol–water partition coefficient (Wildman–Crippen LogP) is 4.61. The molecule has 2 aliphatic heterocycles. The van der Waals surface area contributed by atoms with Gasteiger partial charge in [0.15, 0.2) is 0 Å². The maximum Gasteiger partial charge on any atom is 0.264 e. The van der Waals surface area contributed by atoms with Crippen LogP contribution >= 0.6 is 11.6 Å². The Morgan fingerprint density at radius 2 is 2.00 bits per heavy atom. The average Bonchev–Trinajstić information content (AvgIpc) is 3.70. The van der Waals surface area contributed by atoms with Gasteiger partial charge in [0, 0.05) is 29.1 Å². The summed E-state index contributed by atoms with van der Waals surface area (Å²) < 4.78 is 34.7. The molecule has 3 aliphatic carbocycles. The van der Waals surface area contributed by atoms with E-state index in [1.807, 2.05) is 18.2 Å². The highest BCUT2D eigenvalue weighted by atomic mass is 35.5. The first-order chi connectivity index (χ1) is 19.2. The number of allylic oxidation sites excluding steroid dienone is 1. The van der Waals surface area contributed by atoms with Crippen LogP contribution in [0.15, 0.2) is 48.6 Å². The topological polar surface area (TPSA) is 95.9 Å². The molecule has 6 atom stereocenters. The molecule has 5 aliphatic rings. The number of carbonyl (C=O) groups is 1. The molecule has 0 aromatic heterocycles. The SMILES string of the molecule is O=C1NS(=O)(=O)[C@@H]2C[C@@H]2C/C=C/[C@H](O)[C@@H]2CC[C@H]2CN2C[C@@]3(CCCc4cc(Cl)ccc43)COc3ccc1cc32. The fraction of sp³-hybridized carbons (Fsp3) is 0.516. The maximum atomic E-state index is 13.2. The number of aliphatic hydroxyl groups is 1. The quantitative estimate of drug-likeness (QED) is 0.441. The summed E-state index contributed by atoms with van der Waals surface area (Å²) >= 11 is 6.37. The van der Waals surface area contributed by atoms with Crippen molar-refractivity contribution < 1.29 is 23.1 Å². The zero-order valence-electron chi connectivity index (χ0n) is 22.4. The van der Waals surface area contributed by atoms with Gasteiger partial charge in [0.05, 0.1) is 23.6 Å². The molecule has 2 heterocycles. The molecule has 9 heteroatoms. The van der Waals surface area contributed by atoms with E-state index >= 15 is 0 Å². The number of aliphatic hydroxyl groups excluding tert-OH is 1. The smallest absolute Gasteiger partial charge is 0.264 e. The summed E-state index contributed by atoms with van der Waals surface area (Å²) in [6, 6.07) is 11.4. The number of rotatable bonds is 0. The zero-order chi connectivity index (χ0) is 27.6. The molecule has 212 valence electrons. The number of ether oxygens (including phenoxy) is 1. The van der Waals surface area contributed by atoms with Crippen LogP contribution in [0.1, 0.15) is 60.0 Å². The predicted molar refractivity (Wildman–Crippen MR) is 154 cm³/mol. The van der Waals surface area contributed by atoms with Gasteiger partial charge in [-0.2, -0.15) is 0 Å². The maximum absolute atomic E-state index is 13.2. The first kappa shape index (κ1) is 26.4. The number of anilines is 1. The van der Waals surface area contributed by atoms with Gasteiger partial charge in [-0.15, -0.1) is 0 Å². The number of hydrogen-bond donors (Lipinski definition) is 2. The lowest BCUT2D eigenvalue weighted by Gasteiger charge is -2.45. The Labute approximate surface area is 240 Å². The van der Waals surface area contributed by atoms with Gasteiger partial charge in [0.1, 0.15) is 5.75 Å². The van der Waals surface area contributed by atoms with Gasteiger partial charge in [0.25, 0.3) is 5.91 Å². The highest BCUT2D eigenvalue weighted by molar-refractivity contribution is 7.91. The van der Waals surface area contributed by atoms with Crippen molar-refractivity contribution in [1.82, 2.24) is 4.72 Å². The van der Waals surface area contributed by atoms with Gasteiger partial charge in [-0.1, -0.05) is 29.8 Å². The minimum Gasteiger partial charge on any atom is -0.490 e. The fourth-order valence-corrected chi connectivity index (χ4v) is 9.30. The van der Waals surface area contributed by atoms with Crippen LogP contribution in [0.5, 0.6) is 5.75 Å². The lowest BCUT2D eigenvalue weighted by atomic mass is 9.68. The number of amides is 1. The van der Waals surface area contributed by atoms with Gasteiger partial charge < -0.3 is 14.7 Å². The molecule has 2 aromatic rings. The number of nitrogens with one attached hydrogen (secondary N) is 1. The van der Waals surface area contributed by atoms with E-state index in [1.165, 1.54) is 11.1 Å². The number of sulfonamides is 1. The molecule has 2 bridgehead atoms. The second-order valence-corrected chi connectivity index (χ2v) is 14.8. The monoisotopic (exact) mass is 582 g/mol. The van der Waals surface area contributed by atoms with E-state index < -0.39 is 27.3 Å². The summed E-state index contributed by atoms with van der Waals surface area (Å²) in [5.41, 5.74) is 3.38. The van der Waals surface area contributed by atoms with E-state index in [1.54, 1.807) is 18.2 Å². The van der Waals surface area contributed by atoms with Crippen LogP contribution in [0.2, 0.25) is 5.02 Å². The molecule has 2 fully saturated rings. The van der Waals surface area contributed by atoms with Crippen LogP contribution < -0.4 is 14.4 Å². The van der Waals surface area contributed by atoms with Gasteiger partial charge in [0.2, 0.25) is 10.0 Å². The second-order valence-electron chi connectivity index (χ2n) is 12.5. The van der Waals surface area contributed by atoms with Gasteiger partial charge in [-0.25, -0.2) is 13.1 Å². The van der Waals surface area contributed by atoms with Crippen molar-refractivity contribution in [3.63, 3.8) is 0 Å². The van der Waals surface area contributed by atoms with E-state index in [0.717, 1.165) is 49.4 Å². The lowest BCUT2D eigenvalue weighted by molar-refractivity contribution is 0.0456. The number of hydrogen-bond acceptors (Lipinski definition) is 6. The van der Waals surface area contributed by atoms with Gasteiger partial charge in [-0.05, 0) is 104 Å². The molecule has 40 heavy (non-hydrogen) atoms. The Bertz CT molecular complexity index is 1490. The van der Waals surface area contributed by atoms with Crippen LogP contribution in [0, 0.1) is 17.8 Å². The summed E-state index contributed by atoms with van der Waals surface area (Å²) in [5, 5.41) is 11.2. The zero-order valence-corrected chi connectivity index (χ0v) is 24.0. The number of benzene rings is 2. The first-order valence-electron chi connectivity index (χ1n) is 14.4. The molecular formula is C31H35ClN2O5S. The van der Waals surface area contributed by atoms with Crippen molar-refractivity contribution in [3.05, 3.63) is 70.3 Å². The highest BCUT2D eigenvalue weighted by Crippen LogP contribution is 2.47. The van der Waals surface area contributed by atoms with Crippen molar-refractivity contribution >= 4 is 33.2 Å². The second kappa shape index (κ2) is 9.78. The van der Waals surface area contributed by atoms with E-state index in [0.29, 0.717) is 43.2 Å². The molecule has 7 rings (SSSR count). The van der Waals surface area contributed by atoms with Gasteiger partial charge >= 0.3 is 0 Å². The summed E-state index contributed by atoms with van der Waals surface area (Å²) in [7, 11) is -3.79. The molecule has 0 unspecified atom stereocenters. The standard InChI is InChI=1S/C31H35ClN2O5S/c32-23-8-10-25-19(13-23)4-2-12-31(25)17-34-16-22-6-9-24(22)27(35)5-1-3-20-15-29(20)40(37,38)33-30(36)21-7-11-28(39-18-31)26(34)14-21/h1,5,7-8,10-11,13-14,20,22,24,27,29,35H,2-4,6,9,12,15-18H2,(H,33,36)/b5-1+/t20-,22-,24+,27-,29+,31-/m0/s1. The van der Waals surface area contributed by atoms with E-state index in [9.17, 15) is 18.3 Å². The highest BCUT2D eigenvalue weighted by Gasteiger charge is 2.48. The number of aryl methyl sites for hydroxylation is 1. The third-order valence-corrected chi connectivity index (χ3v) is 12.0. The van der Waals surface area contributed by atoms with Crippen molar-refractivity contribution in [2.75, 3.05) is 24.6 Å². The number of fused-ring (bicyclic) bond motifs is 5. The van der Waals surface area contributed by atoms with Crippen LogP contribution in [0.4, 0.5) is 5.69 Å².